The Labute approximate surface area is 119 Å². The summed E-state index contributed by atoms with van der Waals surface area (Å²) in [5, 5.41) is 12.6. The highest BCUT2D eigenvalue weighted by Crippen LogP contribution is 2.31. The first-order chi connectivity index (χ1) is 9.54. The quantitative estimate of drug-likeness (QED) is 0.864. The third-order valence-corrected chi connectivity index (χ3v) is 3.97. The number of carbonyl (C=O) groups excluding carboxylic acids is 1. The van der Waals surface area contributed by atoms with Crippen LogP contribution in [-0.2, 0) is 10.3 Å². The van der Waals surface area contributed by atoms with Crippen molar-refractivity contribution in [3.8, 4) is 0 Å². The number of fused-ring (bicyclic) bond motifs is 1. The lowest BCUT2D eigenvalue weighted by molar-refractivity contribution is 0.0285. The van der Waals surface area contributed by atoms with Crippen LogP contribution < -0.4 is 0 Å². The number of aliphatic hydroxyl groups is 1. The van der Waals surface area contributed by atoms with E-state index in [1.807, 2.05) is 38.1 Å². The van der Waals surface area contributed by atoms with Crippen LogP contribution in [0.2, 0.25) is 0 Å². The molecule has 0 saturated carbocycles. The Bertz CT molecular complexity index is 627. The molecule has 2 aromatic rings. The molecule has 20 heavy (non-hydrogen) atoms. The molecule has 1 N–H and O–H groups in total. The number of ether oxygens (including phenoxy) is 1. The van der Waals surface area contributed by atoms with Crippen LogP contribution in [0.5, 0.6) is 0 Å². The van der Waals surface area contributed by atoms with Gasteiger partial charge in [-0.1, -0.05) is 32.0 Å². The summed E-state index contributed by atoms with van der Waals surface area (Å²) in [6.45, 7) is 3.94. The number of esters is 1. The van der Waals surface area contributed by atoms with Crippen LogP contribution in [0.25, 0.3) is 10.8 Å². The molecule has 2 aromatic carbocycles. The molecule has 2 rings (SSSR count). The summed E-state index contributed by atoms with van der Waals surface area (Å²) in [6.07, 6.45) is 1.32. The van der Waals surface area contributed by atoms with Gasteiger partial charge in [0.05, 0.1) is 18.3 Å². The molecule has 3 nitrogen and oxygen atoms in total. The van der Waals surface area contributed by atoms with Gasteiger partial charge in [-0.15, -0.1) is 0 Å². The van der Waals surface area contributed by atoms with Crippen molar-refractivity contribution in [2.75, 3.05) is 7.11 Å². The van der Waals surface area contributed by atoms with E-state index in [-0.39, 0.29) is 5.97 Å². The maximum absolute atomic E-state index is 11.6. The van der Waals surface area contributed by atoms with E-state index in [2.05, 4.69) is 0 Å². The average molecular weight is 272 g/mol. The SMILES string of the molecule is CCC(O)(CC)c1ccc2ccc(C(=O)OC)cc2c1. The van der Waals surface area contributed by atoms with Crippen molar-refractivity contribution >= 4 is 16.7 Å². The maximum atomic E-state index is 11.6. The van der Waals surface area contributed by atoms with Crippen LogP contribution in [0.1, 0.15) is 42.6 Å². The van der Waals surface area contributed by atoms with Crippen molar-refractivity contribution < 1.29 is 14.6 Å². The van der Waals surface area contributed by atoms with Crippen molar-refractivity contribution in [1.82, 2.24) is 0 Å². The van der Waals surface area contributed by atoms with E-state index >= 15 is 0 Å². The predicted octanol–water partition coefficient (Wildman–Crippen LogP) is 3.63. The van der Waals surface area contributed by atoms with E-state index in [1.54, 1.807) is 12.1 Å². The van der Waals surface area contributed by atoms with E-state index in [1.165, 1.54) is 7.11 Å². The van der Waals surface area contributed by atoms with Crippen LogP contribution in [0, 0.1) is 0 Å². The highest BCUT2D eigenvalue weighted by molar-refractivity contribution is 5.95. The second-order valence-electron chi connectivity index (χ2n) is 5.01. The predicted molar refractivity (Wildman–Crippen MR) is 79.8 cm³/mol. The van der Waals surface area contributed by atoms with Gasteiger partial charge in [0, 0.05) is 0 Å². The molecule has 0 aliphatic carbocycles. The average Bonchev–Trinajstić information content (AvgIpc) is 2.52. The molecule has 0 spiro atoms. The molecule has 106 valence electrons. The Hall–Kier alpha value is -1.87. The molecule has 3 heteroatoms. The second kappa shape index (κ2) is 5.63. The molecule has 0 saturated heterocycles. The van der Waals surface area contributed by atoms with Crippen LogP contribution >= 0.6 is 0 Å². The van der Waals surface area contributed by atoms with Crippen molar-refractivity contribution in [2.24, 2.45) is 0 Å². The molecule has 0 radical (unpaired) electrons. The highest BCUT2D eigenvalue weighted by Gasteiger charge is 2.24. The third kappa shape index (κ3) is 2.54. The molecule has 0 fully saturated rings. The van der Waals surface area contributed by atoms with Crippen molar-refractivity contribution in [3.63, 3.8) is 0 Å². The van der Waals surface area contributed by atoms with Gasteiger partial charge in [0.2, 0.25) is 0 Å². The van der Waals surface area contributed by atoms with Crippen LogP contribution in [0.4, 0.5) is 0 Å². The van der Waals surface area contributed by atoms with E-state index in [9.17, 15) is 9.90 Å². The lowest BCUT2D eigenvalue weighted by Crippen LogP contribution is -2.23. The largest absolute Gasteiger partial charge is 0.465 e. The summed E-state index contributed by atoms with van der Waals surface area (Å²) in [4.78, 5) is 11.6. The molecule has 0 aliphatic rings. The zero-order valence-corrected chi connectivity index (χ0v) is 12.1. The van der Waals surface area contributed by atoms with Gasteiger partial charge in [-0.25, -0.2) is 4.79 Å². The Morgan fingerprint density at radius 2 is 1.75 bits per heavy atom. The first-order valence-corrected chi connectivity index (χ1v) is 6.89. The van der Waals surface area contributed by atoms with Gasteiger partial charge in [-0.3, -0.25) is 0 Å². The van der Waals surface area contributed by atoms with Gasteiger partial charge < -0.3 is 9.84 Å². The topological polar surface area (TPSA) is 46.5 Å². The fourth-order valence-corrected chi connectivity index (χ4v) is 2.44. The monoisotopic (exact) mass is 272 g/mol. The van der Waals surface area contributed by atoms with Gasteiger partial charge in [-0.05, 0) is 47.4 Å². The summed E-state index contributed by atoms with van der Waals surface area (Å²) in [6, 6.07) is 11.3. The molecular formula is C17H20O3. The minimum atomic E-state index is -0.810. The number of methoxy groups -OCH3 is 1. The molecular weight excluding hydrogens is 252 g/mol. The first kappa shape index (κ1) is 14.5. The zero-order valence-electron chi connectivity index (χ0n) is 12.1. The van der Waals surface area contributed by atoms with Crippen molar-refractivity contribution in [2.45, 2.75) is 32.3 Å². The van der Waals surface area contributed by atoms with E-state index in [0.717, 1.165) is 16.3 Å². The van der Waals surface area contributed by atoms with Gasteiger partial charge in [-0.2, -0.15) is 0 Å². The Morgan fingerprint density at radius 3 is 2.35 bits per heavy atom. The van der Waals surface area contributed by atoms with Crippen LogP contribution in [0.3, 0.4) is 0 Å². The maximum Gasteiger partial charge on any atom is 0.337 e. The number of hydrogen-bond acceptors (Lipinski definition) is 3. The van der Waals surface area contributed by atoms with Crippen LogP contribution in [-0.4, -0.2) is 18.2 Å². The zero-order chi connectivity index (χ0) is 14.8. The number of carbonyl (C=O) groups is 1. The molecule has 0 unspecified atom stereocenters. The molecule has 0 aromatic heterocycles. The van der Waals surface area contributed by atoms with Crippen LogP contribution in [0.15, 0.2) is 36.4 Å². The summed E-state index contributed by atoms with van der Waals surface area (Å²) in [7, 11) is 1.37. The minimum absolute atomic E-state index is 0.349. The number of benzene rings is 2. The second-order valence-corrected chi connectivity index (χ2v) is 5.01. The fourth-order valence-electron chi connectivity index (χ4n) is 2.44. The summed E-state index contributed by atoms with van der Waals surface area (Å²) in [5.41, 5.74) is 0.598. The number of rotatable bonds is 4. The lowest BCUT2D eigenvalue weighted by Gasteiger charge is -2.26. The molecule has 0 amide bonds. The molecule has 0 aliphatic heterocycles. The minimum Gasteiger partial charge on any atom is -0.465 e. The lowest BCUT2D eigenvalue weighted by atomic mass is 9.87. The first-order valence-electron chi connectivity index (χ1n) is 6.89. The molecule has 0 bridgehead atoms. The van der Waals surface area contributed by atoms with E-state index in [4.69, 9.17) is 4.74 Å². The third-order valence-electron chi connectivity index (χ3n) is 3.97. The Morgan fingerprint density at radius 1 is 1.10 bits per heavy atom. The van der Waals surface area contributed by atoms with E-state index < -0.39 is 5.60 Å². The summed E-state index contributed by atoms with van der Waals surface area (Å²) >= 11 is 0. The van der Waals surface area contributed by atoms with Crippen molar-refractivity contribution in [3.05, 3.63) is 47.5 Å². The van der Waals surface area contributed by atoms with E-state index in [0.29, 0.717) is 18.4 Å². The van der Waals surface area contributed by atoms with Gasteiger partial charge in [0.15, 0.2) is 0 Å². The van der Waals surface area contributed by atoms with Gasteiger partial charge in [0.1, 0.15) is 0 Å². The molecule has 0 atom stereocenters. The Balaban J connectivity index is 2.54. The van der Waals surface area contributed by atoms with Gasteiger partial charge in [0.25, 0.3) is 0 Å². The number of hydrogen-bond donors (Lipinski definition) is 1. The standard InChI is InChI=1S/C17H20O3/c1-4-17(19,5-2)15-9-8-12-6-7-13(16(18)20-3)10-14(12)11-15/h6-11,19H,4-5H2,1-3H3. The summed E-state index contributed by atoms with van der Waals surface area (Å²) < 4.78 is 4.74. The Kier molecular flexibility index (Phi) is 4.09. The normalized spacial score (nSPS) is 11.6. The van der Waals surface area contributed by atoms with Gasteiger partial charge >= 0.3 is 5.97 Å². The smallest absolute Gasteiger partial charge is 0.337 e. The molecule has 0 heterocycles. The summed E-state index contributed by atoms with van der Waals surface area (Å²) in [5.74, 6) is -0.349. The van der Waals surface area contributed by atoms with Crippen molar-refractivity contribution in [1.29, 1.82) is 0 Å². The highest BCUT2D eigenvalue weighted by atomic mass is 16.5. The fraction of sp³-hybridized carbons (Fsp3) is 0.353.